The predicted molar refractivity (Wildman–Crippen MR) is 115 cm³/mol. The maximum Gasteiger partial charge on any atom is 0.417 e. The van der Waals surface area contributed by atoms with Crippen molar-refractivity contribution >= 4 is 34.8 Å². The highest BCUT2D eigenvalue weighted by Gasteiger charge is 2.32. The Labute approximate surface area is 192 Å². The lowest BCUT2D eigenvalue weighted by Crippen LogP contribution is -2.29. The van der Waals surface area contributed by atoms with E-state index in [1.54, 1.807) is 19.9 Å². The number of carbonyl (C=O) groups excluding carboxylic acids is 1. The van der Waals surface area contributed by atoms with Crippen LogP contribution in [0.5, 0.6) is 0 Å². The largest absolute Gasteiger partial charge is 0.417 e. The van der Waals surface area contributed by atoms with Crippen LogP contribution in [0.2, 0.25) is 10.0 Å². The minimum Gasteiger partial charge on any atom is -0.391 e. The number of aliphatic hydroxyl groups excluding tert-OH is 1. The third-order valence-corrected chi connectivity index (χ3v) is 6.57. The topological polar surface area (TPSA) is 57.8 Å². The molecule has 0 saturated carbocycles. The second-order valence-corrected chi connectivity index (χ2v) is 8.79. The van der Waals surface area contributed by atoms with Gasteiger partial charge in [-0.1, -0.05) is 23.2 Å². The molecule has 0 unspecified atom stereocenters. The van der Waals surface area contributed by atoms with Gasteiger partial charge in [0.05, 0.1) is 27.9 Å². The molecule has 3 heterocycles. The molecule has 32 heavy (non-hydrogen) atoms. The number of pyridine rings is 1. The summed E-state index contributed by atoms with van der Waals surface area (Å²) in [4.78, 5) is 18.9. The van der Waals surface area contributed by atoms with E-state index in [0.717, 1.165) is 12.3 Å². The van der Waals surface area contributed by atoms with Gasteiger partial charge in [-0.05, 0) is 49.6 Å². The first-order valence-electron chi connectivity index (χ1n) is 9.97. The summed E-state index contributed by atoms with van der Waals surface area (Å²) in [6.07, 6.45) is -3.36. The summed E-state index contributed by atoms with van der Waals surface area (Å²) in [7, 11) is 0. The monoisotopic (exact) mass is 485 g/mol. The van der Waals surface area contributed by atoms with Crippen LogP contribution in [0, 0.1) is 13.8 Å². The van der Waals surface area contributed by atoms with Crippen molar-refractivity contribution in [3.05, 3.63) is 68.1 Å². The van der Waals surface area contributed by atoms with Gasteiger partial charge >= 0.3 is 6.18 Å². The second-order valence-electron chi connectivity index (χ2n) is 8.00. The molecule has 0 radical (unpaired) electrons. The fourth-order valence-corrected chi connectivity index (χ4v) is 4.57. The average Bonchev–Trinajstić information content (AvgIpc) is 3.28. The summed E-state index contributed by atoms with van der Waals surface area (Å²) in [5, 5.41) is 10.2. The van der Waals surface area contributed by atoms with Crippen LogP contribution in [0.4, 0.5) is 13.2 Å². The zero-order chi connectivity index (χ0) is 23.4. The fourth-order valence-electron chi connectivity index (χ4n) is 3.98. The van der Waals surface area contributed by atoms with E-state index in [4.69, 9.17) is 23.2 Å². The number of amides is 1. The van der Waals surface area contributed by atoms with Gasteiger partial charge in [-0.3, -0.25) is 4.79 Å². The Morgan fingerprint density at radius 1 is 1.28 bits per heavy atom. The summed E-state index contributed by atoms with van der Waals surface area (Å²) < 4.78 is 41.1. The van der Waals surface area contributed by atoms with Crippen molar-refractivity contribution < 1.29 is 23.1 Å². The first-order valence-corrected chi connectivity index (χ1v) is 10.7. The number of aromatic nitrogens is 2. The average molecular weight is 486 g/mol. The number of fused-ring (bicyclic) bond motifs is 1. The van der Waals surface area contributed by atoms with Gasteiger partial charge in [0.25, 0.3) is 5.91 Å². The zero-order valence-electron chi connectivity index (χ0n) is 17.3. The molecule has 1 amide bonds. The van der Waals surface area contributed by atoms with Crippen LogP contribution >= 0.6 is 23.2 Å². The Balaban J connectivity index is 1.73. The van der Waals surface area contributed by atoms with Gasteiger partial charge in [0, 0.05) is 36.4 Å². The van der Waals surface area contributed by atoms with Crippen LogP contribution < -0.4 is 0 Å². The Morgan fingerprint density at radius 3 is 2.62 bits per heavy atom. The molecule has 10 heteroatoms. The number of rotatable bonds is 3. The number of aliphatic hydroxyl groups is 1. The quantitative estimate of drug-likeness (QED) is 0.562. The number of benzene rings is 1. The highest BCUT2D eigenvalue weighted by atomic mass is 35.5. The number of imidazole rings is 1. The van der Waals surface area contributed by atoms with Crippen molar-refractivity contribution in [1.29, 1.82) is 0 Å². The van der Waals surface area contributed by atoms with Gasteiger partial charge in [-0.15, -0.1) is 0 Å². The molecule has 3 aromatic rings. The standard InChI is InChI=1S/C22H20Cl2F3N3O2/c1-11-7-13(22(25,26)27)9-30-12(2)18(28-20(11)30)8-16-17(23)4-3-15(19(16)24)21(32)29-6-5-14(31)10-29/h3-4,7,9,14,31H,5-6,8,10H2,1-2H3/t14-/m1/s1. The predicted octanol–water partition coefficient (Wildman–Crippen LogP) is 5.07. The van der Waals surface area contributed by atoms with Gasteiger partial charge in [0.2, 0.25) is 0 Å². The minimum absolute atomic E-state index is 0.149. The maximum atomic E-state index is 13.2. The van der Waals surface area contributed by atoms with Gasteiger partial charge in [-0.2, -0.15) is 13.2 Å². The van der Waals surface area contributed by atoms with Crippen molar-refractivity contribution in [2.75, 3.05) is 13.1 Å². The number of β-amino-alcohol motifs (C(OH)–C–C–N with tert-alkyl or cyclic N) is 1. The molecule has 0 bridgehead atoms. The van der Waals surface area contributed by atoms with Gasteiger partial charge in [0.1, 0.15) is 5.65 Å². The number of hydrogen-bond donors (Lipinski definition) is 1. The lowest BCUT2D eigenvalue weighted by molar-refractivity contribution is -0.137. The zero-order valence-corrected chi connectivity index (χ0v) is 18.8. The van der Waals surface area contributed by atoms with E-state index in [2.05, 4.69) is 4.98 Å². The molecule has 1 N–H and O–H groups in total. The van der Waals surface area contributed by atoms with Crippen LogP contribution in [-0.4, -0.2) is 44.5 Å². The van der Waals surface area contributed by atoms with Crippen LogP contribution in [0.15, 0.2) is 24.4 Å². The molecule has 0 aliphatic carbocycles. The summed E-state index contributed by atoms with van der Waals surface area (Å²) in [6, 6.07) is 4.17. The van der Waals surface area contributed by atoms with Crippen LogP contribution in [-0.2, 0) is 12.6 Å². The summed E-state index contributed by atoms with van der Waals surface area (Å²) in [5.74, 6) is -0.304. The molecule has 5 nitrogen and oxygen atoms in total. The summed E-state index contributed by atoms with van der Waals surface area (Å²) >= 11 is 12.9. The summed E-state index contributed by atoms with van der Waals surface area (Å²) in [6.45, 7) is 3.92. The van der Waals surface area contributed by atoms with E-state index in [1.165, 1.54) is 15.4 Å². The Bertz CT molecular complexity index is 1220. The van der Waals surface area contributed by atoms with Crippen molar-refractivity contribution in [2.24, 2.45) is 0 Å². The lowest BCUT2D eigenvalue weighted by Gasteiger charge is -2.18. The minimum atomic E-state index is -4.47. The molecule has 1 aliphatic heterocycles. The molecular weight excluding hydrogens is 466 g/mol. The molecule has 0 spiro atoms. The fraction of sp³-hybridized carbons (Fsp3) is 0.364. The molecule has 1 fully saturated rings. The van der Waals surface area contributed by atoms with E-state index in [9.17, 15) is 23.1 Å². The normalized spacial score (nSPS) is 16.9. The number of carbonyl (C=O) groups is 1. The molecule has 170 valence electrons. The first kappa shape index (κ1) is 22.9. The lowest BCUT2D eigenvalue weighted by atomic mass is 10.0. The van der Waals surface area contributed by atoms with Crippen molar-refractivity contribution in [2.45, 2.75) is 39.0 Å². The number of hydrogen-bond acceptors (Lipinski definition) is 3. The molecule has 1 aromatic carbocycles. The van der Waals surface area contributed by atoms with E-state index in [1.807, 2.05) is 0 Å². The van der Waals surface area contributed by atoms with Gasteiger partial charge < -0.3 is 14.4 Å². The number of likely N-dealkylation sites (tertiary alicyclic amines) is 1. The Hall–Kier alpha value is -2.29. The maximum absolute atomic E-state index is 13.2. The van der Waals surface area contributed by atoms with E-state index in [0.29, 0.717) is 46.2 Å². The van der Waals surface area contributed by atoms with Crippen molar-refractivity contribution in [3.8, 4) is 0 Å². The molecule has 4 rings (SSSR count). The number of aryl methyl sites for hydroxylation is 2. The first-order chi connectivity index (χ1) is 15.0. The third-order valence-electron chi connectivity index (χ3n) is 5.78. The number of halogens is 5. The number of nitrogens with zero attached hydrogens (tertiary/aromatic N) is 3. The van der Waals surface area contributed by atoms with Gasteiger partial charge in [0.15, 0.2) is 0 Å². The third kappa shape index (κ3) is 4.07. The molecule has 1 saturated heterocycles. The molecular formula is C22H20Cl2F3N3O2. The van der Waals surface area contributed by atoms with Crippen LogP contribution in [0.1, 0.15) is 44.9 Å². The number of alkyl halides is 3. The summed E-state index contributed by atoms with van der Waals surface area (Å²) in [5.41, 5.74) is 1.82. The van der Waals surface area contributed by atoms with Crippen LogP contribution in [0.3, 0.4) is 0 Å². The Kier molecular flexibility index (Phi) is 5.90. The second kappa shape index (κ2) is 8.24. The highest BCUT2D eigenvalue weighted by Crippen LogP contribution is 2.34. The Morgan fingerprint density at radius 2 is 2.00 bits per heavy atom. The van der Waals surface area contributed by atoms with E-state index in [-0.39, 0.29) is 29.5 Å². The van der Waals surface area contributed by atoms with Crippen molar-refractivity contribution in [3.63, 3.8) is 0 Å². The van der Waals surface area contributed by atoms with Crippen LogP contribution in [0.25, 0.3) is 5.65 Å². The van der Waals surface area contributed by atoms with Gasteiger partial charge in [-0.25, -0.2) is 4.98 Å². The molecule has 1 aliphatic rings. The SMILES string of the molecule is Cc1cc(C(F)(F)F)cn2c(C)c(Cc3c(Cl)ccc(C(=O)N4CC[C@@H](O)C4)c3Cl)nc12. The molecule has 2 aromatic heterocycles. The van der Waals surface area contributed by atoms with E-state index < -0.39 is 17.8 Å². The van der Waals surface area contributed by atoms with E-state index >= 15 is 0 Å². The van der Waals surface area contributed by atoms with Crippen molar-refractivity contribution in [1.82, 2.24) is 14.3 Å². The molecule has 1 atom stereocenters. The smallest absolute Gasteiger partial charge is 0.391 e. The highest BCUT2D eigenvalue weighted by molar-refractivity contribution is 6.38.